The highest BCUT2D eigenvalue weighted by Gasteiger charge is 2.18. The lowest BCUT2D eigenvalue weighted by Gasteiger charge is -2.10. The van der Waals surface area contributed by atoms with Crippen LogP contribution < -0.4 is 0 Å². The second-order valence-corrected chi connectivity index (χ2v) is 2.54. The maximum atomic E-state index is 11.2. The van der Waals surface area contributed by atoms with E-state index in [1.807, 2.05) is 6.92 Å². The smallest absolute Gasteiger partial charge is 0.258 e. The van der Waals surface area contributed by atoms with Gasteiger partial charge in [0.15, 0.2) is 0 Å². The van der Waals surface area contributed by atoms with Crippen molar-refractivity contribution in [2.75, 3.05) is 13.2 Å². The Balaban J connectivity index is 2.49. The van der Waals surface area contributed by atoms with E-state index >= 15 is 0 Å². The fraction of sp³-hybridized carbons (Fsp3) is 0.625. The molecule has 4 heteroatoms. The van der Waals surface area contributed by atoms with Crippen LogP contribution in [0.3, 0.4) is 0 Å². The second-order valence-electron chi connectivity index (χ2n) is 2.54. The molecule has 0 bridgehead atoms. The lowest BCUT2D eigenvalue weighted by Crippen LogP contribution is -2.24. The molecular formula is C8H12N2O2. The summed E-state index contributed by atoms with van der Waals surface area (Å²) < 4.78 is 5.10. The van der Waals surface area contributed by atoms with Gasteiger partial charge in [0.05, 0.1) is 12.5 Å². The average molecular weight is 168 g/mol. The molecular weight excluding hydrogens is 156 g/mol. The van der Waals surface area contributed by atoms with Crippen LogP contribution in [0.1, 0.15) is 13.8 Å². The van der Waals surface area contributed by atoms with Crippen LogP contribution in [0, 0.1) is 5.92 Å². The van der Waals surface area contributed by atoms with Gasteiger partial charge in [0.1, 0.15) is 5.84 Å². The summed E-state index contributed by atoms with van der Waals surface area (Å²) in [5, 5.41) is 0. The van der Waals surface area contributed by atoms with E-state index in [2.05, 4.69) is 9.98 Å². The SMILES string of the molecule is CCOC[C@@H]1C=NC(C)=NC1=O. The van der Waals surface area contributed by atoms with Crippen molar-refractivity contribution in [3.05, 3.63) is 0 Å². The maximum Gasteiger partial charge on any atom is 0.258 e. The molecule has 66 valence electrons. The first kappa shape index (κ1) is 9.06. The zero-order valence-electron chi connectivity index (χ0n) is 7.28. The first-order chi connectivity index (χ1) is 5.74. The highest BCUT2D eigenvalue weighted by atomic mass is 16.5. The van der Waals surface area contributed by atoms with Crippen LogP contribution in [0.4, 0.5) is 0 Å². The number of nitrogens with zero attached hydrogens (tertiary/aromatic N) is 2. The van der Waals surface area contributed by atoms with E-state index in [9.17, 15) is 4.79 Å². The number of hydrogen-bond donors (Lipinski definition) is 0. The Labute approximate surface area is 71.4 Å². The Morgan fingerprint density at radius 1 is 1.67 bits per heavy atom. The van der Waals surface area contributed by atoms with Gasteiger partial charge in [0.2, 0.25) is 0 Å². The number of rotatable bonds is 3. The van der Waals surface area contributed by atoms with Crippen molar-refractivity contribution in [1.29, 1.82) is 0 Å². The Hall–Kier alpha value is -1.03. The molecule has 4 nitrogen and oxygen atoms in total. The Morgan fingerprint density at radius 2 is 2.42 bits per heavy atom. The van der Waals surface area contributed by atoms with Crippen molar-refractivity contribution in [1.82, 2.24) is 0 Å². The third-order valence-corrected chi connectivity index (χ3v) is 1.53. The first-order valence-corrected chi connectivity index (χ1v) is 3.95. The van der Waals surface area contributed by atoms with Gasteiger partial charge in [-0.3, -0.25) is 4.79 Å². The fourth-order valence-electron chi connectivity index (χ4n) is 0.892. The molecule has 1 heterocycles. The molecule has 1 rings (SSSR count). The molecule has 0 spiro atoms. The standard InChI is InChI=1S/C8H12N2O2/c1-3-12-5-7-4-9-6(2)10-8(7)11/h4,7H,3,5H2,1-2H3/t7-/m0/s1. The van der Waals surface area contributed by atoms with Crippen LogP contribution >= 0.6 is 0 Å². The third-order valence-electron chi connectivity index (χ3n) is 1.53. The monoisotopic (exact) mass is 168 g/mol. The second kappa shape index (κ2) is 4.11. The van der Waals surface area contributed by atoms with Gasteiger partial charge in [0, 0.05) is 12.8 Å². The molecule has 0 fully saturated rings. The molecule has 0 aromatic carbocycles. The van der Waals surface area contributed by atoms with E-state index in [1.54, 1.807) is 13.1 Å². The molecule has 0 radical (unpaired) electrons. The van der Waals surface area contributed by atoms with Crippen molar-refractivity contribution >= 4 is 18.0 Å². The number of hydrogen-bond acceptors (Lipinski definition) is 3. The normalized spacial score (nSPS) is 22.7. The van der Waals surface area contributed by atoms with Crippen LogP contribution in [-0.4, -0.2) is 31.2 Å². The third kappa shape index (κ3) is 2.23. The molecule has 12 heavy (non-hydrogen) atoms. The van der Waals surface area contributed by atoms with Crippen LogP contribution in [-0.2, 0) is 9.53 Å². The summed E-state index contributed by atoms with van der Waals surface area (Å²) in [7, 11) is 0. The van der Waals surface area contributed by atoms with Crippen molar-refractivity contribution in [3.8, 4) is 0 Å². The van der Waals surface area contributed by atoms with E-state index in [0.29, 0.717) is 19.0 Å². The van der Waals surface area contributed by atoms with Gasteiger partial charge in [-0.25, -0.2) is 4.99 Å². The molecule has 1 atom stereocenters. The number of carbonyl (C=O) groups is 1. The summed E-state index contributed by atoms with van der Waals surface area (Å²) in [6, 6.07) is 0. The molecule has 0 N–H and O–H groups in total. The summed E-state index contributed by atoms with van der Waals surface area (Å²) >= 11 is 0. The van der Waals surface area contributed by atoms with Gasteiger partial charge < -0.3 is 4.74 Å². The average Bonchev–Trinajstić information content (AvgIpc) is 2.03. The molecule has 1 aliphatic rings. The Morgan fingerprint density at radius 3 is 3.00 bits per heavy atom. The predicted molar refractivity (Wildman–Crippen MR) is 46.6 cm³/mol. The number of ether oxygens (including phenoxy) is 1. The summed E-state index contributed by atoms with van der Waals surface area (Å²) in [5.41, 5.74) is 0. The van der Waals surface area contributed by atoms with Gasteiger partial charge in [-0.2, -0.15) is 4.99 Å². The van der Waals surface area contributed by atoms with Crippen LogP contribution in [0.25, 0.3) is 0 Å². The molecule has 0 aromatic rings. The fourth-order valence-corrected chi connectivity index (χ4v) is 0.892. The van der Waals surface area contributed by atoms with E-state index in [-0.39, 0.29) is 11.8 Å². The maximum absolute atomic E-state index is 11.2. The number of amides is 1. The number of amidine groups is 1. The van der Waals surface area contributed by atoms with Crippen LogP contribution in [0.5, 0.6) is 0 Å². The highest BCUT2D eigenvalue weighted by molar-refractivity contribution is 6.08. The zero-order valence-corrected chi connectivity index (χ0v) is 7.28. The molecule has 0 unspecified atom stereocenters. The summed E-state index contributed by atoms with van der Waals surface area (Å²) in [4.78, 5) is 18.8. The van der Waals surface area contributed by atoms with Gasteiger partial charge in [0.25, 0.3) is 5.91 Å². The summed E-state index contributed by atoms with van der Waals surface area (Å²) in [6.07, 6.45) is 1.60. The summed E-state index contributed by atoms with van der Waals surface area (Å²) in [5.74, 6) is 0.0809. The molecule has 1 aliphatic heterocycles. The van der Waals surface area contributed by atoms with Crippen LogP contribution in [0.15, 0.2) is 9.98 Å². The van der Waals surface area contributed by atoms with E-state index < -0.39 is 0 Å². The van der Waals surface area contributed by atoms with Gasteiger partial charge in [-0.05, 0) is 13.8 Å². The minimum atomic E-state index is -0.284. The molecule has 0 saturated heterocycles. The molecule has 0 aliphatic carbocycles. The minimum absolute atomic E-state index is 0.157. The lowest BCUT2D eigenvalue weighted by molar-refractivity contribution is -0.121. The van der Waals surface area contributed by atoms with Crippen molar-refractivity contribution < 1.29 is 9.53 Å². The molecule has 0 aromatic heterocycles. The van der Waals surface area contributed by atoms with E-state index in [1.165, 1.54) is 0 Å². The predicted octanol–water partition coefficient (Wildman–Crippen LogP) is 0.669. The minimum Gasteiger partial charge on any atom is -0.381 e. The quantitative estimate of drug-likeness (QED) is 0.621. The Bertz CT molecular complexity index is 233. The van der Waals surface area contributed by atoms with Gasteiger partial charge in [-0.15, -0.1) is 0 Å². The van der Waals surface area contributed by atoms with E-state index in [0.717, 1.165) is 0 Å². The van der Waals surface area contributed by atoms with Gasteiger partial charge >= 0.3 is 0 Å². The highest BCUT2D eigenvalue weighted by Crippen LogP contribution is 2.03. The molecule has 0 saturated carbocycles. The number of aliphatic imine (C=N–C) groups is 2. The lowest BCUT2D eigenvalue weighted by atomic mass is 10.1. The van der Waals surface area contributed by atoms with E-state index in [4.69, 9.17) is 4.74 Å². The van der Waals surface area contributed by atoms with Crippen molar-refractivity contribution in [2.24, 2.45) is 15.9 Å². The van der Waals surface area contributed by atoms with Gasteiger partial charge in [-0.1, -0.05) is 0 Å². The topological polar surface area (TPSA) is 51.0 Å². The zero-order chi connectivity index (χ0) is 8.97. The number of carbonyl (C=O) groups excluding carboxylic acids is 1. The largest absolute Gasteiger partial charge is 0.381 e. The van der Waals surface area contributed by atoms with Crippen molar-refractivity contribution in [3.63, 3.8) is 0 Å². The first-order valence-electron chi connectivity index (χ1n) is 3.95. The Kier molecular flexibility index (Phi) is 3.10. The van der Waals surface area contributed by atoms with Crippen molar-refractivity contribution in [2.45, 2.75) is 13.8 Å². The molecule has 1 amide bonds. The summed E-state index contributed by atoms with van der Waals surface area (Å²) in [6.45, 7) is 4.58. The van der Waals surface area contributed by atoms with Crippen LogP contribution in [0.2, 0.25) is 0 Å².